The van der Waals surface area contributed by atoms with E-state index < -0.39 is 29.7 Å². The van der Waals surface area contributed by atoms with E-state index in [4.69, 9.17) is 11.2 Å². The first-order chi connectivity index (χ1) is 18.5. The van der Waals surface area contributed by atoms with Crippen molar-refractivity contribution in [3.05, 3.63) is 65.2 Å². The summed E-state index contributed by atoms with van der Waals surface area (Å²) >= 11 is 0. The number of nitrogens with zero attached hydrogens (tertiary/aromatic N) is 1. The molecule has 3 N–H and O–H groups in total. The first-order valence-electron chi connectivity index (χ1n) is 13.4. The molecule has 210 valence electrons. The van der Waals surface area contributed by atoms with Gasteiger partial charge in [0.1, 0.15) is 23.4 Å². The van der Waals surface area contributed by atoms with Crippen LogP contribution in [0.15, 0.2) is 48.5 Å². The van der Waals surface area contributed by atoms with Crippen molar-refractivity contribution in [2.75, 3.05) is 13.1 Å². The Bertz CT molecular complexity index is 1150. The van der Waals surface area contributed by atoms with E-state index in [9.17, 15) is 19.5 Å². The zero-order valence-electron chi connectivity index (χ0n) is 23.6. The molecule has 0 saturated heterocycles. The summed E-state index contributed by atoms with van der Waals surface area (Å²) in [6, 6.07) is 11.4. The van der Waals surface area contributed by atoms with E-state index in [1.54, 1.807) is 57.2 Å². The second-order valence-electron chi connectivity index (χ2n) is 10.4. The average Bonchev–Trinajstić information content (AvgIpc) is 2.88. The topological polar surface area (TPSA) is 108 Å². The molecule has 39 heavy (non-hydrogen) atoms. The number of phenols is 1. The van der Waals surface area contributed by atoms with Crippen LogP contribution in [0.4, 0.5) is 4.79 Å². The Kier molecular flexibility index (Phi) is 11.9. The number of rotatable bonds is 12. The summed E-state index contributed by atoms with van der Waals surface area (Å²) in [4.78, 5) is 42.1. The fourth-order valence-electron chi connectivity index (χ4n) is 4.13. The fourth-order valence-corrected chi connectivity index (χ4v) is 4.13. The van der Waals surface area contributed by atoms with Gasteiger partial charge in [0.25, 0.3) is 0 Å². The van der Waals surface area contributed by atoms with Crippen molar-refractivity contribution in [1.29, 1.82) is 0 Å². The highest BCUT2D eigenvalue weighted by atomic mass is 16.6. The molecular weight excluding hydrogens is 494 g/mol. The molecule has 0 aliphatic rings. The molecule has 3 amide bonds. The van der Waals surface area contributed by atoms with E-state index in [-0.39, 0.29) is 24.6 Å². The monoisotopic (exact) mass is 535 g/mol. The van der Waals surface area contributed by atoms with Crippen LogP contribution in [0.3, 0.4) is 0 Å². The van der Waals surface area contributed by atoms with Crippen molar-refractivity contribution in [2.45, 2.75) is 78.0 Å². The predicted octanol–water partition coefficient (Wildman–Crippen LogP) is 4.71. The van der Waals surface area contributed by atoms with Crippen LogP contribution in [-0.2, 0) is 20.7 Å². The number of carbonyl (C=O) groups is 3. The van der Waals surface area contributed by atoms with Gasteiger partial charge in [-0.25, -0.2) is 4.79 Å². The third-order valence-electron chi connectivity index (χ3n) is 5.91. The predicted molar refractivity (Wildman–Crippen MR) is 152 cm³/mol. The van der Waals surface area contributed by atoms with Gasteiger partial charge in [0.05, 0.1) is 0 Å². The van der Waals surface area contributed by atoms with Crippen molar-refractivity contribution in [2.24, 2.45) is 0 Å². The fraction of sp³-hybridized carbons (Fsp3) is 0.452. The first-order valence-corrected chi connectivity index (χ1v) is 13.4. The molecular formula is C31H41N3O5. The van der Waals surface area contributed by atoms with Gasteiger partial charge in [-0.15, -0.1) is 6.42 Å². The van der Waals surface area contributed by atoms with Gasteiger partial charge in [-0.3, -0.25) is 9.59 Å². The smallest absolute Gasteiger partial charge is 0.408 e. The maximum absolute atomic E-state index is 14.2. The molecule has 0 radical (unpaired) electrons. The van der Waals surface area contributed by atoms with Crippen LogP contribution in [0.25, 0.3) is 0 Å². The second kappa shape index (κ2) is 14.8. The molecule has 0 heterocycles. The van der Waals surface area contributed by atoms with Crippen molar-refractivity contribution in [1.82, 2.24) is 15.5 Å². The highest BCUT2D eigenvalue weighted by Gasteiger charge is 2.36. The maximum Gasteiger partial charge on any atom is 0.408 e. The average molecular weight is 536 g/mol. The molecule has 2 aromatic carbocycles. The van der Waals surface area contributed by atoms with E-state index in [1.165, 1.54) is 17.0 Å². The Morgan fingerprint density at radius 1 is 1.05 bits per heavy atom. The van der Waals surface area contributed by atoms with Gasteiger partial charge in [0.15, 0.2) is 0 Å². The maximum atomic E-state index is 14.2. The molecule has 0 saturated carbocycles. The van der Waals surface area contributed by atoms with E-state index in [0.717, 1.165) is 12.8 Å². The molecule has 0 aliphatic heterocycles. The van der Waals surface area contributed by atoms with Crippen molar-refractivity contribution >= 4 is 17.9 Å². The molecule has 0 fully saturated rings. The summed E-state index contributed by atoms with van der Waals surface area (Å²) < 4.78 is 5.44. The number of nitrogens with one attached hydrogen (secondary N) is 2. The van der Waals surface area contributed by atoms with E-state index >= 15 is 0 Å². The molecule has 0 bridgehead atoms. The lowest BCUT2D eigenvalue weighted by Gasteiger charge is -2.35. The lowest BCUT2D eigenvalue weighted by molar-refractivity contribution is -0.142. The molecule has 0 spiro atoms. The van der Waals surface area contributed by atoms with Crippen LogP contribution >= 0.6 is 0 Å². The minimum absolute atomic E-state index is 0.0871. The minimum atomic E-state index is -1.04. The Hall–Kier alpha value is -3.99. The van der Waals surface area contributed by atoms with Gasteiger partial charge < -0.3 is 25.4 Å². The number of benzene rings is 2. The molecule has 2 aromatic rings. The van der Waals surface area contributed by atoms with Crippen LogP contribution in [0.1, 0.15) is 76.6 Å². The van der Waals surface area contributed by atoms with E-state index in [1.807, 2.05) is 13.8 Å². The van der Waals surface area contributed by atoms with Gasteiger partial charge in [-0.05, 0) is 62.9 Å². The van der Waals surface area contributed by atoms with Crippen LogP contribution in [0.5, 0.6) is 5.75 Å². The van der Waals surface area contributed by atoms with E-state index in [0.29, 0.717) is 29.7 Å². The van der Waals surface area contributed by atoms with Crippen LogP contribution < -0.4 is 10.6 Å². The zero-order valence-corrected chi connectivity index (χ0v) is 23.6. The lowest BCUT2D eigenvalue weighted by atomic mass is 9.96. The number of alkyl carbamates (subject to hydrolysis) is 1. The van der Waals surface area contributed by atoms with Crippen LogP contribution in [0.2, 0.25) is 0 Å². The number of hydrogen-bond acceptors (Lipinski definition) is 5. The van der Waals surface area contributed by atoms with Gasteiger partial charge in [-0.1, -0.05) is 56.5 Å². The van der Waals surface area contributed by atoms with Gasteiger partial charge in [0, 0.05) is 25.1 Å². The van der Waals surface area contributed by atoms with Crippen LogP contribution in [0, 0.1) is 12.3 Å². The summed E-state index contributed by atoms with van der Waals surface area (Å²) in [6.07, 6.45) is 7.42. The quantitative estimate of drug-likeness (QED) is 0.270. The molecule has 8 heteroatoms. The Labute approximate surface area is 232 Å². The summed E-state index contributed by atoms with van der Waals surface area (Å²) in [6.45, 7) is 9.87. The molecule has 2 unspecified atom stereocenters. The first kappa shape index (κ1) is 31.2. The molecule has 2 atom stereocenters. The van der Waals surface area contributed by atoms with Crippen molar-refractivity contribution in [3.63, 3.8) is 0 Å². The van der Waals surface area contributed by atoms with Gasteiger partial charge in [0.2, 0.25) is 11.8 Å². The Morgan fingerprint density at radius 3 is 2.31 bits per heavy atom. The highest BCUT2D eigenvalue weighted by molar-refractivity contribution is 5.92. The summed E-state index contributed by atoms with van der Waals surface area (Å²) in [5, 5.41) is 15.4. The Balaban J connectivity index is 2.55. The second-order valence-corrected chi connectivity index (χ2v) is 10.4. The third-order valence-corrected chi connectivity index (χ3v) is 5.91. The largest absolute Gasteiger partial charge is 0.508 e. The lowest BCUT2D eigenvalue weighted by Crippen LogP contribution is -2.54. The number of terminal acetylenes is 1. The van der Waals surface area contributed by atoms with Gasteiger partial charge >= 0.3 is 6.09 Å². The summed E-state index contributed by atoms with van der Waals surface area (Å²) in [7, 11) is 0. The number of unbranched alkanes of at least 4 members (excludes halogenated alkanes) is 1. The third kappa shape index (κ3) is 9.68. The van der Waals surface area contributed by atoms with Crippen LogP contribution in [-0.4, -0.2) is 52.6 Å². The molecule has 8 nitrogen and oxygen atoms in total. The van der Waals surface area contributed by atoms with Crippen molar-refractivity contribution < 1.29 is 24.2 Å². The number of hydrogen-bond donors (Lipinski definition) is 3. The number of amides is 3. The number of aromatic hydroxyl groups is 1. The normalized spacial score (nSPS) is 12.5. The molecule has 0 aromatic heterocycles. The highest BCUT2D eigenvalue weighted by Crippen LogP contribution is 2.26. The summed E-state index contributed by atoms with van der Waals surface area (Å²) in [5.41, 5.74) is 0.993. The minimum Gasteiger partial charge on any atom is -0.508 e. The SMILES string of the molecule is C#Cc1ccccc1C(C(=O)NCCCC)N(CCC)C(=O)C(Cc1ccc(O)cc1)NC(=O)OC(C)(C)C. The van der Waals surface area contributed by atoms with Crippen molar-refractivity contribution in [3.8, 4) is 18.1 Å². The molecule has 0 aliphatic carbocycles. The number of ether oxygens (including phenoxy) is 1. The Morgan fingerprint density at radius 2 is 1.72 bits per heavy atom. The van der Waals surface area contributed by atoms with E-state index in [2.05, 4.69) is 16.6 Å². The van der Waals surface area contributed by atoms with Gasteiger partial charge in [-0.2, -0.15) is 0 Å². The number of carbonyl (C=O) groups excluding carboxylic acids is 3. The summed E-state index contributed by atoms with van der Waals surface area (Å²) in [5.74, 6) is 1.94. The molecule has 2 rings (SSSR count). The standard InChI is InChI=1S/C31H41N3O5/c1-7-10-19-32-28(36)27(25-14-12-11-13-23(25)9-3)34(20-8-2)29(37)26(33-30(38)39-31(4,5)6)21-22-15-17-24(35)18-16-22/h3,11-18,26-27,35H,7-8,10,19-21H2,1-2,4-6H3,(H,32,36)(H,33,38). The zero-order chi connectivity index (χ0) is 29.0. The number of phenolic OH excluding ortho intramolecular Hbond substituents is 1.